The molecule has 25 heavy (non-hydrogen) atoms. The van der Waals surface area contributed by atoms with Gasteiger partial charge in [0.25, 0.3) is 0 Å². The zero-order valence-corrected chi connectivity index (χ0v) is 17.2. The number of aldehydes is 1. The third-order valence-electron chi connectivity index (χ3n) is 3.06. The van der Waals surface area contributed by atoms with Gasteiger partial charge in [0.1, 0.15) is 12.3 Å². The van der Waals surface area contributed by atoms with Crippen LogP contribution in [0.3, 0.4) is 0 Å². The molecule has 0 aliphatic carbocycles. The van der Waals surface area contributed by atoms with Crippen molar-refractivity contribution < 1.29 is 23.9 Å². The minimum absolute atomic E-state index is 0.102. The van der Waals surface area contributed by atoms with E-state index in [2.05, 4.69) is 27.9 Å². The maximum Gasteiger partial charge on any atom is 0.347 e. The Hall–Kier alpha value is -1.35. The SMILES string of the molecule is CC(C)COC(=O)[C@@H](C)OC(=O)C(CC=O)Nc1cc(Cl)ccc1I. The van der Waals surface area contributed by atoms with Gasteiger partial charge in [0, 0.05) is 20.7 Å². The van der Waals surface area contributed by atoms with E-state index in [1.165, 1.54) is 6.92 Å². The van der Waals surface area contributed by atoms with Crippen LogP contribution in [0.2, 0.25) is 5.02 Å². The maximum atomic E-state index is 12.3. The van der Waals surface area contributed by atoms with Crippen LogP contribution in [0.25, 0.3) is 0 Å². The average Bonchev–Trinajstić information content (AvgIpc) is 2.55. The Labute approximate surface area is 165 Å². The molecular weight excluding hydrogens is 461 g/mol. The Bertz CT molecular complexity index is 623. The van der Waals surface area contributed by atoms with E-state index in [9.17, 15) is 14.4 Å². The van der Waals surface area contributed by atoms with E-state index < -0.39 is 24.1 Å². The highest BCUT2D eigenvalue weighted by atomic mass is 127. The molecule has 1 unspecified atom stereocenters. The summed E-state index contributed by atoms with van der Waals surface area (Å²) >= 11 is 8.03. The molecule has 1 aromatic carbocycles. The summed E-state index contributed by atoms with van der Waals surface area (Å²) in [5, 5.41) is 3.43. The normalized spacial score (nSPS) is 13.0. The number of nitrogens with one attached hydrogen (secondary N) is 1. The van der Waals surface area contributed by atoms with Crippen LogP contribution in [-0.4, -0.2) is 37.0 Å². The second-order valence-electron chi connectivity index (χ2n) is 5.83. The van der Waals surface area contributed by atoms with Crippen LogP contribution < -0.4 is 5.32 Å². The summed E-state index contributed by atoms with van der Waals surface area (Å²) in [5.41, 5.74) is 0.604. The van der Waals surface area contributed by atoms with Crippen molar-refractivity contribution in [1.29, 1.82) is 0 Å². The van der Waals surface area contributed by atoms with Crippen molar-refractivity contribution in [3.05, 3.63) is 26.8 Å². The molecule has 0 amide bonds. The van der Waals surface area contributed by atoms with E-state index in [4.69, 9.17) is 21.1 Å². The van der Waals surface area contributed by atoms with Crippen molar-refractivity contribution in [1.82, 2.24) is 0 Å². The average molecular weight is 482 g/mol. The number of rotatable bonds is 9. The lowest BCUT2D eigenvalue weighted by Crippen LogP contribution is -2.37. The molecule has 1 aromatic rings. The fourth-order valence-electron chi connectivity index (χ4n) is 1.78. The second-order valence-corrected chi connectivity index (χ2v) is 7.43. The third kappa shape index (κ3) is 7.60. The van der Waals surface area contributed by atoms with Crippen LogP contribution in [0.5, 0.6) is 0 Å². The first-order valence-electron chi connectivity index (χ1n) is 7.77. The second kappa shape index (κ2) is 10.6. The van der Waals surface area contributed by atoms with Gasteiger partial charge >= 0.3 is 11.9 Å². The molecule has 1 N–H and O–H groups in total. The largest absolute Gasteiger partial charge is 0.463 e. The monoisotopic (exact) mass is 481 g/mol. The Morgan fingerprint density at radius 2 is 1.96 bits per heavy atom. The minimum Gasteiger partial charge on any atom is -0.463 e. The number of hydrogen-bond donors (Lipinski definition) is 1. The number of anilines is 1. The summed E-state index contributed by atoms with van der Waals surface area (Å²) in [6, 6.07) is 4.22. The predicted octanol–water partition coefficient (Wildman–Crippen LogP) is 3.45. The fourth-order valence-corrected chi connectivity index (χ4v) is 2.44. The van der Waals surface area contributed by atoms with Gasteiger partial charge in [-0.25, -0.2) is 9.59 Å². The van der Waals surface area contributed by atoms with Gasteiger partial charge in [0.2, 0.25) is 0 Å². The van der Waals surface area contributed by atoms with Crippen LogP contribution >= 0.6 is 34.2 Å². The quantitative estimate of drug-likeness (QED) is 0.331. The molecule has 0 saturated carbocycles. The number of hydrogen-bond acceptors (Lipinski definition) is 6. The lowest BCUT2D eigenvalue weighted by Gasteiger charge is -2.20. The van der Waals surface area contributed by atoms with Gasteiger partial charge < -0.3 is 19.6 Å². The standard InChI is InChI=1S/C17H21ClINO5/c1-10(2)9-24-16(22)11(3)25-17(23)14(6-7-21)20-15-8-12(18)4-5-13(15)19/h4-5,7-8,10-11,14,20H,6,9H2,1-3H3/t11-,14?/m1/s1. The van der Waals surface area contributed by atoms with Crippen molar-refractivity contribution in [2.75, 3.05) is 11.9 Å². The van der Waals surface area contributed by atoms with Crippen LogP contribution in [-0.2, 0) is 23.9 Å². The fraction of sp³-hybridized carbons (Fsp3) is 0.471. The van der Waals surface area contributed by atoms with Gasteiger partial charge in [0.05, 0.1) is 6.61 Å². The van der Waals surface area contributed by atoms with Gasteiger partial charge in [-0.15, -0.1) is 0 Å². The number of carbonyl (C=O) groups is 3. The van der Waals surface area contributed by atoms with Crippen LogP contribution in [0.15, 0.2) is 18.2 Å². The zero-order chi connectivity index (χ0) is 19.0. The summed E-state index contributed by atoms with van der Waals surface area (Å²) < 4.78 is 11.0. The topological polar surface area (TPSA) is 81.7 Å². The van der Waals surface area contributed by atoms with Gasteiger partial charge in [-0.3, -0.25) is 0 Å². The summed E-state index contributed by atoms with van der Waals surface area (Å²) in [7, 11) is 0. The van der Waals surface area contributed by atoms with E-state index >= 15 is 0 Å². The Morgan fingerprint density at radius 3 is 2.56 bits per heavy atom. The molecule has 0 aliphatic heterocycles. The van der Waals surface area contributed by atoms with E-state index in [0.717, 1.165) is 3.57 Å². The molecular formula is C17H21ClINO5. The molecule has 0 heterocycles. The van der Waals surface area contributed by atoms with Crippen LogP contribution in [0, 0.1) is 9.49 Å². The molecule has 0 spiro atoms. The van der Waals surface area contributed by atoms with Crippen molar-refractivity contribution in [3.8, 4) is 0 Å². The number of benzene rings is 1. The van der Waals surface area contributed by atoms with Crippen molar-refractivity contribution in [3.63, 3.8) is 0 Å². The molecule has 0 saturated heterocycles. The van der Waals surface area contributed by atoms with Gasteiger partial charge in [-0.1, -0.05) is 25.4 Å². The molecule has 6 nitrogen and oxygen atoms in total. The summed E-state index contributed by atoms with van der Waals surface area (Å²) in [5.74, 6) is -1.15. The Kier molecular flexibility index (Phi) is 9.20. The summed E-state index contributed by atoms with van der Waals surface area (Å²) in [6.45, 7) is 5.49. The summed E-state index contributed by atoms with van der Waals surface area (Å²) in [4.78, 5) is 35.0. The van der Waals surface area contributed by atoms with E-state index in [-0.39, 0.29) is 18.9 Å². The predicted molar refractivity (Wildman–Crippen MR) is 104 cm³/mol. The lowest BCUT2D eigenvalue weighted by molar-refractivity contribution is -0.167. The van der Waals surface area contributed by atoms with Crippen molar-refractivity contribution in [2.45, 2.75) is 39.3 Å². The Morgan fingerprint density at radius 1 is 1.28 bits per heavy atom. The maximum absolute atomic E-state index is 12.3. The van der Waals surface area contributed by atoms with Crippen molar-refractivity contribution in [2.24, 2.45) is 5.92 Å². The lowest BCUT2D eigenvalue weighted by atomic mass is 10.2. The number of carbonyl (C=O) groups excluding carboxylic acids is 3. The first-order chi connectivity index (χ1) is 11.7. The molecule has 0 aromatic heterocycles. The van der Waals surface area contributed by atoms with E-state index in [1.807, 2.05) is 13.8 Å². The van der Waals surface area contributed by atoms with Crippen molar-refractivity contribution >= 4 is 58.1 Å². The van der Waals surface area contributed by atoms with E-state index in [1.54, 1.807) is 18.2 Å². The van der Waals surface area contributed by atoms with Gasteiger partial charge in [-0.2, -0.15) is 0 Å². The number of halogens is 2. The Balaban J connectivity index is 2.74. The highest BCUT2D eigenvalue weighted by Crippen LogP contribution is 2.24. The first-order valence-corrected chi connectivity index (χ1v) is 9.22. The molecule has 8 heteroatoms. The molecule has 0 fully saturated rings. The minimum atomic E-state index is -1.05. The zero-order valence-electron chi connectivity index (χ0n) is 14.3. The number of ether oxygens (including phenoxy) is 2. The molecule has 1 rings (SSSR count). The van der Waals surface area contributed by atoms with Crippen LogP contribution in [0.1, 0.15) is 27.2 Å². The third-order valence-corrected chi connectivity index (χ3v) is 4.23. The highest BCUT2D eigenvalue weighted by Gasteiger charge is 2.26. The van der Waals surface area contributed by atoms with Gasteiger partial charge in [0.15, 0.2) is 6.10 Å². The molecule has 138 valence electrons. The first kappa shape index (κ1) is 21.7. The van der Waals surface area contributed by atoms with Gasteiger partial charge in [-0.05, 0) is 53.6 Å². The molecule has 2 atom stereocenters. The summed E-state index contributed by atoms with van der Waals surface area (Å²) in [6.07, 6.45) is -0.548. The van der Waals surface area contributed by atoms with E-state index in [0.29, 0.717) is 17.0 Å². The molecule has 0 aliphatic rings. The highest BCUT2D eigenvalue weighted by molar-refractivity contribution is 14.1. The number of esters is 2. The molecule has 0 bridgehead atoms. The molecule has 0 radical (unpaired) electrons. The smallest absolute Gasteiger partial charge is 0.347 e. The van der Waals surface area contributed by atoms with Crippen LogP contribution in [0.4, 0.5) is 5.69 Å².